The van der Waals surface area contributed by atoms with Gasteiger partial charge in [-0.1, -0.05) is 25.6 Å². The van der Waals surface area contributed by atoms with Crippen molar-refractivity contribution in [3.63, 3.8) is 0 Å². The van der Waals surface area contributed by atoms with Gasteiger partial charge in [0.15, 0.2) is 0 Å². The molecule has 1 fully saturated rings. The quantitative estimate of drug-likeness (QED) is 0.837. The molecule has 3 nitrogen and oxygen atoms in total. The highest BCUT2D eigenvalue weighted by molar-refractivity contribution is 7.80. The molecule has 3 N–H and O–H groups in total. The van der Waals surface area contributed by atoms with E-state index >= 15 is 0 Å². The number of nitrogens with two attached hydrogens (primary N) is 1. The molecule has 4 heteroatoms. The number of aryl methyl sites for hydroxylation is 2. The molecule has 114 valence electrons. The highest BCUT2D eigenvalue weighted by Crippen LogP contribution is 2.31. The fourth-order valence-electron chi connectivity index (χ4n) is 3.71. The highest BCUT2D eigenvalue weighted by Gasteiger charge is 2.22. The number of fused-ring (bicyclic) bond motifs is 1. The van der Waals surface area contributed by atoms with Gasteiger partial charge in [0.25, 0.3) is 0 Å². The summed E-state index contributed by atoms with van der Waals surface area (Å²) in [4.78, 5) is 5.29. The van der Waals surface area contributed by atoms with Gasteiger partial charge in [-0.25, -0.2) is 4.98 Å². The molecular weight excluding hydrogens is 278 g/mol. The lowest BCUT2D eigenvalue weighted by Crippen LogP contribution is -2.20. The van der Waals surface area contributed by atoms with Crippen LogP contribution in [-0.2, 0) is 12.8 Å². The zero-order valence-corrected chi connectivity index (χ0v) is 13.6. The molecule has 1 aromatic rings. The number of aromatic nitrogens is 1. The summed E-state index contributed by atoms with van der Waals surface area (Å²) in [5, 5.41) is 3.53. The van der Waals surface area contributed by atoms with Crippen LogP contribution in [-0.4, -0.2) is 16.5 Å². The van der Waals surface area contributed by atoms with E-state index < -0.39 is 0 Å². The summed E-state index contributed by atoms with van der Waals surface area (Å²) >= 11 is 5.22. The van der Waals surface area contributed by atoms with Crippen LogP contribution in [0.5, 0.6) is 0 Å². The van der Waals surface area contributed by atoms with Crippen LogP contribution in [0.15, 0.2) is 6.07 Å². The van der Waals surface area contributed by atoms with Crippen molar-refractivity contribution in [2.24, 2.45) is 17.6 Å². The summed E-state index contributed by atoms with van der Waals surface area (Å²) in [5.41, 5.74) is 9.41. The van der Waals surface area contributed by atoms with Gasteiger partial charge in [-0.05, 0) is 62.0 Å². The fraction of sp³-hybridized carbons (Fsp3) is 0.647. The van der Waals surface area contributed by atoms with Gasteiger partial charge in [0, 0.05) is 12.2 Å². The molecule has 0 aromatic carbocycles. The molecule has 2 aliphatic carbocycles. The Balaban J connectivity index is 1.77. The van der Waals surface area contributed by atoms with Gasteiger partial charge in [0.1, 0.15) is 10.8 Å². The lowest BCUT2D eigenvalue weighted by atomic mass is 9.94. The van der Waals surface area contributed by atoms with Crippen LogP contribution in [0, 0.1) is 11.8 Å². The number of anilines is 1. The maximum absolute atomic E-state index is 5.90. The Morgan fingerprint density at radius 2 is 2.19 bits per heavy atom. The standard InChI is InChI=1S/C17H25N3S/c1-11-6-7-12(8-11)10-19-17-14(16(18)21)9-13-4-2-3-5-15(13)20-17/h9,11-12H,2-8,10H2,1H3,(H2,18,21)(H,19,20). The Morgan fingerprint density at radius 3 is 2.90 bits per heavy atom. The summed E-state index contributed by atoms with van der Waals surface area (Å²) in [7, 11) is 0. The third-order valence-electron chi connectivity index (χ3n) is 4.93. The second kappa shape index (κ2) is 6.30. The van der Waals surface area contributed by atoms with Crippen molar-refractivity contribution in [2.45, 2.75) is 51.9 Å². The van der Waals surface area contributed by atoms with Crippen molar-refractivity contribution in [3.8, 4) is 0 Å². The number of pyridine rings is 1. The van der Waals surface area contributed by atoms with E-state index in [1.165, 1.54) is 43.4 Å². The first-order chi connectivity index (χ1) is 10.1. The van der Waals surface area contributed by atoms with E-state index in [1.807, 2.05) is 0 Å². The maximum atomic E-state index is 5.90. The van der Waals surface area contributed by atoms with Crippen LogP contribution in [0.1, 0.15) is 55.8 Å². The van der Waals surface area contributed by atoms with Crippen LogP contribution >= 0.6 is 12.2 Å². The van der Waals surface area contributed by atoms with Gasteiger partial charge in [-0.2, -0.15) is 0 Å². The summed E-state index contributed by atoms with van der Waals surface area (Å²) in [6.45, 7) is 3.34. The van der Waals surface area contributed by atoms with Crippen LogP contribution < -0.4 is 11.1 Å². The molecule has 2 unspecified atom stereocenters. The van der Waals surface area contributed by atoms with Crippen LogP contribution in [0.2, 0.25) is 0 Å². The van der Waals surface area contributed by atoms with Gasteiger partial charge in [0.05, 0.1) is 5.56 Å². The van der Waals surface area contributed by atoms with Crippen molar-refractivity contribution in [1.82, 2.24) is 4.98 Å². The molecule has 0 aliphatic heterocycles. The Hall–Kier alpha value is -1.16. The predicted octanol–water partition coefficient (Wildman–Crippen LogP) is 3.44. The van der Waals surface area contributed by atoms with E-state index in [9.17, 15) is 0 Å². The molecule has 2 atom stereocenters. The number of nitrogens with one attached hydrogen (secondary N) is 1. The van der Waals surface area contributed by atoms with E-state index in [-0.39, 0.29) is 0 Å². The minimum Gasteiger partial charge on any atom is -0.389 e. The molecule has 0 saturated heterocycles. The zero-order valence-electron chi connectivity index (χ0n) is 12.8. The molecule has 1 saturated carbocycles. The van der Waals surface area contributed by atoms with Crippen molar-refractivity contribution >= 4 is 23.0 Å². The van der Waals surface area contributed by atoms with Crippen LogP contribution in [0.25, 0.3) is 0 Å². The number of hydrogen-bond acceptors (Lipinski definition) is 3. The first-order valence-corrected chi connectivity index (χ1v) is 8.60. The normalized spacial score (nSPS) is 24.6. The minimum absolute atomic E-state index is 0.457. The van der Waals surface area contributed by atoms with E-state index in [2.05, 4.69) is 18.3 Å². The van der Waals surface area contributed by atoms with Crippen molar-refractivity contribution in [3.05, 3.63) is 22.9 Å². The maximum Gasteiger partial charge on any atom is 0.136 e. The van der Waals surface area contributed by atoms with Crippen LogP contribution in [0.4, 0.5) is 5.82 Å². The first-order valence-electron chi connectivity index (χ1n) is 8.20. The van der Waals surface area contributed by atoms with Crippen LogP contribution in [0.3, 0.4) is 0 Å². The molecule has 21 heavy (non-hydrogen) atoms. The molecule has 1 aromatic heterocycles. The summed E-state index contributed by atoms with van der Waals surface area (Å²) in [5.74, 6) is 2.53. The molecule has 0 spiro atoms. The number of rotatable bonds is 4. The number of nitrogens with zero attached hydrogens (tertiary/aromatic N) is 1. The molecule has 0 radical (unpaired) electrons. The second-order valence-electron chi connectivity index (χ2n) is 6.73. The van der Waals surface area contributed by atoms with Gasteiger partial charge in [-0.3, -0.25) is 0 Å². The summed E-state index contributed by atoms with van der Waals surface area (Å²) < 4.78 is 0. The van der Waals surface area contributed by atoms with Gasteiger partial charge in [-0.15, -0.1) is 0 Å². The van der Waals surface area contributed by atoms with E-state index in [0.717, 1.165) is 42.6 Å². The SMILES string of the molecule is CC1CCC(CNc2nc3c(cc2C(N)=S)CCCC3)C1. The van der Waals surface area contributed by atoms with Gasteiger partial charge >= 0.3 is 0 Å². The van der Waals surface area contributed by atoms with Gasteiger partial charge in [0.2, 0.25) is 0 Å². The molecular formula is C17H25N3S. The summed E-state index contributed by atoms with van der Waals surface area (Å²) in [6.07, 6.45) is 8.68. The Labute approximate surface area is 132 Å². The molecule has 3 rings (SSSR count). The average Bonchev–Trinajstić information content (AvgIpc) is 2.89. The fourth-order valence-corrected chi connectivity index (χ4v) is 3.86. The van der Waals surface area contributed by atoms with Crippen molar-refractivity contribution in [1.29, 1.82) is 0 Å². The zero-order chi connectivity index (χ0) is 14.8. The molecule has 0 bridgehead atoms. The van der Waals surface area contributed by atoms with Gasteiger partial charge < -0.3 is 11.1 Å². The Morgan fingerprint density at radius 1 is 1.38 bits per heavy atom. The summed E-state index contributed by atoms with van der Waals surface area (Å²) in [6, 6.07) is 2.17. The van der Waals surface area contributed by atoms with Crippen molar-refractivity contribution in [2.75, 3.05) is 11.9 Å². The second-order valence-corrected chi connectivity index (χ2v) is 7.17. The highest BCUT2D eigenvalue weighted by atomic mass is 32.1. The van der Waals surface area contributed by atoms with E-state index in [0.29, 0.717) is 4.99 Å². The number of hydrogen-bond donors (Lipinski definition) is 2. The topological polar surface area (TPSA) is 50.9 Å². The Kier molecular flexibility index (Phi) is 4.43. The third kappa shape index (κ3) is 3.37. The first kappa shape index (κ1) is 14.8. The minimum atomic E-state index is 0.457. The average molecular weight is 303 g/mol. The largest absolute Gasteiger partial charge is 0.389 e. The lowest BCUT2D eigenvalue weighted by molar-refractivity contribution is 0.536. The Bertz CT molecular complexity index is 541. The smallest absolute Gasteiger partial charge is 0.136 e. The van der Waals surface area contributed by atoms with E-state index in [1.54, 1.807) is 0 Å². The lowest BCUT2D eigenvalue weighted by Gasteiger charge is -2.20. The monoisotopic (exact) mass is 303 g/mol. The number of thiocarbonyl (C=S) groups is 1. The molecule has 0 amide bonds. The van der Waals surface area contributed by atoms with E-state index in [4.69, 9.17) is 22.9 Å². The van der Waals surface area contributed by atoms with Crippen molar-refractivity contribution < 1.29 is 0 Å². The third-order valence-corrected chi connectivity index (χ3v) is 5.15. The molecule has 2 aliphatic rings. The predicted molar refractivity (Wildman–Crippen MR) is 91.8 cm³/mol. The molecule has 1 heterocycles.